The van der Waals surface area contributed by atoms with Gasteiger partial charge in [0.15, 0.2) is 11.5 Å². The molecule has 2 saturated heterocycles. The van der Waals surface area contributed by atoms with Crippen molar-refractivity contribution >= 4 is 22.5 Å². The number of halogens is 3. The van der Waals surface area contributed by atoms with E-state index in [1.165, 1.54) is 19.1 Å². The second-order valence-corrected chi connectivity index (χ2v) is 9.69. The molecule has 202 valence electrons. The number of anilines is 1. The van der Waals surface area contributed by atoms with Gasteiger partial charge in [-0.05, 0) is 19.1 Å². The molecule has 3 atom stereocenters. The number of carbonyl (C=O) groups is 1. The highest BCUT2D eigenvalue weighted by atomic mass is 19.3. The summed E-state index contributed by atoms with van der Waals surface area (Å²) in [6.07, 6.45) is -0.140. The zero-order valence-electron chi connectivity index (χ0n) is 21.3. The van der Waals surface area contributed by atoms with E-state index >= 15 is 0 Å². The van der Waals surface area contributed by atoms with Crippen molar-refractivity contribution in [3.63, 3.8) is 0 Å². The number of carbonyl (C=O) groups excluding carboxylic acids is 1. The van der Waals surface area contributed by atoms with Crippen molar-refractivity contribution in [1.82, 2.24) is 9.88 Å². The van der Waals surface area contributed by atoms with Crippen molar-refractivity contribution in [1.29, 1.82) is 0 Å². The third-order valence-corrected chi connectivity index (χ3v) is 7.00. The number of pyridine rings is 1. The van der Waals surface area contributed by atoms with Crippen molar-refractivity contribution in [2.45, 2.75) is 51.4 Å². The van der Waals surface area contributed by atoms with Crippen LogP contribution < -0.4 is 14.8 Å². The van der Waals surface area contributed by atoms with E-state index in [2.05, 4.69) is 10.3 Å². The van der Waals surface area contributed by atoms with Crippen LogP contribution in [0.15, 0.2) is 42.6 Å². The van der Waals surface area contributed by atoms with E-state index in [4.69, 9.17) is 14.2 Å². The molecule has 0 spiro atoms. The summed E-state index contributed by atoms with van der Waals surface area (Å²) in [4.78, 5) is 18.0. The molecule has 7 nitrogen and oxygen atoms in total. The molecule has 0 bridgehead atoms. The van der Waals surface area contributed by atoms with Gasteiger partial charge in [-0.1, -0.05) is 18.2 Å². The second-order valence-electron chi connectivity index (χ2n) is 9.69. The van der Waals surface area contributed by atoms with Gasteiger partial charge in [-0.3, -0.25) is 9.78 Å². The SMILES string of the molecule is CC(=O)N1CC[C@H](Oc2cc3c(N[C@H](C)c4cccc(C(F)F)c4F)ccnc3cc2OC2CCOC2)C1. The molecule has 3 aromatic rings. The van der Waals surface area contributed by atoms with Gasteiger partial charge in [0.25, 0.3) is 6.43 Å². The Morgan fingerprint density at radius 2 is 1.89 bits per heavy atom. The van der Waals surface area contributed by atoms with Crippen molar-refractivity contribution in [2.75, 3.05) is 31.6 Å². The summed E-state index contributed by atoms with van der Waals surface area (Å²) >= 11 is 0. The van der Waals surface area contributed by atoms with Crippen LogP contribution in [0.3, 0.4) is 0 Å². The number of hydrogen-bond acceptors (Lipinski definition) is 6. The molecule has 2 aliphatic rings. The van der Waals surface area contributed by atoms with E-state index in [0.717, 1.165) is 12.5 Å². The van der Waals surface area contributed by atoms with Crippen molar-refractivity contribution in [3.8, 4) is 11.5 Å². The summed E-state index contributed by atoms with van der Waals surface area (Å²) < 4.78 is 59.3. The van der Waals surface area contributed by atoms with Gasteiger partial charge >= 0.3 is 0 Å². The predicted octanol–water partition coefficient (Wildman–Crippen LogP) is 5.65. The third-order valence-electron chi connectivity index (χ3n) is 7.00. The Morgan fingerprint density at radius 1 is 1.13 bits per heavy atom. The lowest BCUT2D eigenvalue weighted by molar-refractivity contribution is -0.128. The lowest BCUT2D eigenvalue weighted by atomic mass is 10.0. The number of likely N-dealkylation sites (tertiary alicyclic amines) is 1. The maximum atomic E-state index is 14.8. The van der Waals surface area contributed by atoms with Crippen LogP contribution in [-0.2, 0) is 9.53 Å². The largest absolute Gasteiger partial charge is 0.485 e. The average Bonchev–Trinajstić information content (AvgIpc) is 3.57. The minimum absolute atomic E-state index is 0.00186. The van der Waals surface area contributed by atoms with Crippen LogP contribution in [0.2, 0.25) is 0 Å². The Bertz CT molecular complexity index is 1320. The molecule has 2 fully saturated rings. The molecule has 3 heterocycles. The molecule has 0 radical (unpaired) electrons. The maximum absolute atomic E-state index is 14.8. The number of benzene rings is 2. The first-order valence-electron chi connectivity index (χ1n) is 12.7. The maximum Gasteiger partial charge on any atom is 0.266 e. The van der Waals surface area contributed by atoms with E-state index in [0.29, 0.717) is 60.8 Å². The molecule has 5 rings (SSSR count). The first-order valence-corrected chi connectivity index (χ1v) is 12.7. The number of hydrogen-bond donors (Lipinski definition) is 1. The van der Waals surface area contributed by atoms with Crippen LogP contribution >= 0.6 is 0 Å². The molecular weight excluding hydrogens is 499 g/mol. The number of nitrogens with one attached hydrogen (secondary N) is 1. The highest BCUT2D eigenvalue weighted by molar-refractivity contribution is 5.93. The first kappa shape index (κ1) is 26.1. The molecule has 2 aliphatic heterocycles. The summed E-state index contributed by atoms with van der Waals surface area (Å²) in [5, 5.41) is 3.95. The Morgan fingerprint density at radius 3 is 2.61 bits per heavy atom. The topological polar surface area (TPSA) is 72.9 Å². The quantitative estimate of drug-likeness (QED) is 0.407. The third kappa shape index (κ3) is 5.50. The molecule has 0 aliphatic carbocycles. The zero-order valence-corrected chi connectivity index (χ0v) is 21.3. The van der Waals surface area contributed by atoms with Gasteiger partial charge < -0.3 is 24.4 Å². The summed E-state index contributed by atoms with van der Waals surface area (Å²) in [5.74, 6) is 0.120. The first-order chi connectivity index (χ1) is 18.3. The van der Waals surface area contributed by atoms with Gasteiger partial charge in [-0.2, -0.15) is 0 Å². The molecule has 1 N–H and O–H groups in total. The van der Waals surface area contributed by atoms with Crippen LogP contribution in [0.25, 0.3) is 10.9 Å². The van der Waals surface area contributed by atoms with Crippen LogP contribution in [0.1, 0.15) is 50.3 Å². The molecule has 38 heavy (non-hydrogen) atoms. The standard InChI is InChI=1S/C28H30F3N3O4/c1-16(20-4-3-5-21(27(20)29)28(30)31)33-23-6-9-32-24-13-26(38-19-8-11-36-15-19)25(12-22(23)24)37-18-7-10-34(14-18)17(2)35/h3-6,9,12-13,16,18-19,28H,7-8,10-11,14-15H2,1-2H3,(H,32,33)/t16-,18+,19?/m1/s1. The lowest BCUT2D eigenvalue weighted by Crippen LogP contribution is -2.28. The molecule has 2 aromatic carbocycles. The molecule has 0 saturated carbocycles. The number of alkyl halides is 2. The van der Waals surface area contributed by atoms with Crippen molar-refractivity contribution in [2.24, 2.45) is 0 Å². The van der Waals surface area contributed by atoms with Crippen LogP contribution in [0.4, 0.5) is 18.9 Å². The fourth-order valence-corrected chi connectivity index (χ4v) is 4.92. The van der Waals surface area contributed by atoms with Crippen LogP contribution in [-0.4, -0.2) is 54.3 Å². The highest BCUT2D eigenvalue weighted by Crippen LogP contribution is 2.38. The normalized spacial score (nSPS) is 20.2. The second kappa shape index (κ2) is 11.1. The minimum atomic E-state index is -2.90. The molecule has 1 amide bonds. The number of rotatable bonds is 8. The van der Waals surface area contributed by atoms with E-state index in [1.807, 2.05) is 6.07 Å². The summed E-state index contributed by atoms with van der Waals surface area (Å²) in [7, 11) is 0. The number of ether oxygens (including phenoxy) is 3. The summed E-state index contributed by atoms with van der Waals surface area (Å²) in [5.41, 5.74) is 0.782. The molecular formula is C28H30F3N3O4. The Balaban J connectivity index is 1.47. The Kier molecular flexibility index (Phi) is 7.60. The summed E-state index contributed by atoms with van der Waals surface area (Å²) in [6.45, 7) is 5.46. The fourth-order valence-electron chi connectivity index (χ4n) is 4.92. The van der Waals surface area contributed by atoms with Gasteiger partial charge in [-0.15, -0.1) is 0 Å². The fraction of sp³-hybridized carbons (Fsp3) is 0.429. The van der Waals surface area contributed by atoms with Gasteiger partial charge in [0.1, 0.15) is 18.0 Å². The predicted molar refractivity (Wildman–Crippen MR) is 136 cm³/mol. The van der Waals surface area contributed by atoms with Crippen molar-refractivity contribution in [3.05, 3.63) is 59.5 Å². The number of amides is 1. The molecule has 1 unspecified atom stereocenters. The number of nitrogens with zero attached hydrogens (tertiary/aromatic N) is 2. The Labute approximate surface area is 218 Å². The van der Waals surface area contributed by atoms with E-state index < -0.39 is 23.8 Å². The van der Waals surface area contributed by atoms with Gasteiger partial charge in [-0.25, -0.2) is 13.2 Å². The van der Waals surface area contributed by atoms with Crippen molar-refractivity contribution < 1.29 is 32.2 Å². The average molecular weight is 530 g/mol. The van der Waals surface area contributed by atoms with E-state index in [-0.39, 0.29) is 23.7 Å². The molecule has 1 aromatic heterocycles. The zero-order chi connectivity index (χ0) is 26.8. The number of fused-ring (bicyclic) bond motifs is 1. The summed E-state index contributed by atoms with van der Waals surface area (Å²) in [6, 6.07) is 8.78. The Hall–Kier alpha value is -3.53. The molecule has 10 heteroatoms. The van der Waals surface area contributed by atoms with Crippen LogP contribution in [0.5, 0.6) is 11.5 Å². The van der Waals surface area contributed by atoms with E-state index in [1.54, 1.807) is 30.2 Å². The monoisotopic (exact) mass is 529 g/mol. The van der Waals surface area contributed by atoms with Gasteiger partial charge in [0.2, 0.25) is 5.91 Å². The van der Waals surface area contributed by atoms with E-state index in [9.17, 15) is 18.0 Å². The smallest absolute Gasteiger partial charge is 0.266 e. The highest BCUT2D eigenvalue weighted by Gasteiger charge is 2.28. The lowest BCUT2D eigenvalue weighted by Gasteiger charge is -2.22. The number of aromatic nitrogens is 1. The van der Waals surface area contributed by atoms with Crippen LogP contribution in [0, 0.1) is 5.82 Å². The minimum Gasteiger partial charge on any atom is -0.485 e. The van der Waals surface area contributed by atoms with Gasteiger partial charge in [0, 0.05) is 55.2 Å². The van der Waals surface area contributed by atoms with Gasteiger partial charge in [0.05, 0.1) is 36.9 Å².